The smallest absolute Gasteiger partial charge is 0.253 e. The number of rotatable bonds is 7. The van der Waals surface area contributed by atoms with Crippen molar-refractivity contribution in [3.05, 3.63) is 71.3 Å². The maximum atomic E-state index is 12.7. The van der Waals surface area contributed by atoms with Crippen LogP contribution in [0, 0.1) is 6.92 Å². The number of hydrogen-bond acceptors (Lipinski definition) is 2. The molecule has 0 aliphatic heterocycles. The highest BCUT2D eigenvalue weighted by Crippen LogP contribution is 2.09. The number of aryl methyl sites for hydroxylation is 1. The molecule has 2 amide bonds. The van der Waals surface area contributed by atoms with Gasteiger partial charge in [-0.2, -0.15) is 0 Å². The lowest BCUT2D eigenvalue weighted by Gasteiger charge is -2.22. The van der Waals surface area contributed by atoms with Crippen molar-refractivity contribution in [2.75, 3.05) is 13.1 Å². The first-order chi connectivity index (χ1) is 11.1. The van der Waals surface area contributed by atoms with E-state index in [9.17, 15) is 9.59 Å². The maximum absolute atomic E-state index is 12.7. The van der Waals surface area contributed by atoms with Crippen LogP contribution in [0.4, 0.5) is 0 Å². The minimum Gasteiger partial charge on any atom is -0.370 e. The summed E-state index contributed by atoms with van der Waals surface area (Å²) >= 11 is 0. The molecule has 0 fully saturated rings. The van der Waals surface area contributed by atoms with Crippen LogP contribution in [0.1, 0.15) is 27.9 Å². The Labute approximate surface area is 136 Å². The fraction of sp³-hybridized carbons (Fsp3) is 0.263. The number of amides is 2. The van der Waals surface area contributed by atoms with Gasteiger partial charge in [-0.05, 0) is 31.0 Å². The second-order valence-corrected chi connectivity index (χ2v) is 5.61. The minimum atomic E-state index is -0.397. The summed E-state index contributed by atoms with van der Waals surface area (Å²) in [5, 5.41) is 0. The van der Waals surface area contributed by atoms with Crippen molar-refractivity contribution in [2.24, 2.45) is 5.73 Å². The third-order valence-corrected chi connectivity index (χ3v) is 3.73. The lowest BCUT2D eigenvalue weighted by Crippen LogP contribution is -2.35. The molecule has 0 aliphatic rings. The van der Waals surface area contributed by atoms with Gasteiger partial charge in [-0.25, -0.2) is 0 Å². The Morgan fingerprint density at radius 2 is 1.61 bits per heavy atom. The molecule has 0 spiro atoms. The van der Waals surface area contributed by atoms with E-state index in [4.69, 9.17) is 5.73 Å². The molecule has 0 saturated heterocycles. The molecular formula is C19H22N2O2. The van der Waals surface area contributed by atoms with Crippen LogP contribution in [0.3, 0.4) is 0 Å². The van der Waals surface area contributed by atoms with E-state index >= 15 is 0 Å². The van der Waals surface area contributed by atoms with Crippen LogP contribution in [0.5, 0.6) is 0 Å². The van der Waals surface area contributed by atoms with Crippen LogP contribution >= 0.6 is 0 Å². The van der Waals surface area contributed by atoms with Crippen molar-refractivity contribution in [3.63, 3.8) is 0 Å². The summed E-state index contributed by atoms with van der Waals surface area (Å²) in [4.78, 5) is 25.4. The molecule has 0 saturated carbocycles. The summed E-state index contributed by atoms with van der Waals surface area (Å²) in [6, 6.07) is 17.4. The fourth-order valence-corrected chi connectivity index (χ4v) is 2.35. The second kappa shape index (κ2) is 8.13. The van der Waals surface area contributed by atoms with Gasteiger partial charge in [0.15, 0.2) is 0 Å². The van der Waals surface area contributed by atoms with Crippen molar-refractivity contribution in [2.45, 2.75) is 19.8 Å². The highest BCUT2D eigenvalue weighted by Gasteiger charge is 2.16. The highest BCUT2D eigenvalue weighted by atomic mass is 16.2. The van der Waals surface area contributed by atoms with Gasteiger partial charge in [0.1, 0.15) is 0 Å². The molecule has 0 heterocycles. The molecule has 2 rings (SSSR count). The van der Waals surface area contributed by atoms with Gasteiger partial charge >= 0.3 is 0 Å². The predicted molar refractivity (Wildman–Crippen MR) is 91.0 cm³/mol. The Morgan fingerprint density at radius 3 is 2.22 bits per heavy atom. The first kappa shape index (κ1) is 16.7. The zero-order chi connectivity index (χ0) is 16.7. The minimum absolute atomic E-state index is 0.0674. The van der Waals surface area contributed by atoms with Crippen molar-refractivity contribution in [3.8, 4) is 0 Å². The fourth-order valence-electron chi connectivity index (χ4n) is 2.35. The van der Waals surface area contributed by atoms with Gasteiger partial charge in [-0.3, -0.25) is 9.59 Å². The lowest BCUT2D eigenvalue weighted by atomic mass is 10.1. The van der Waals surface area contributed by atoms with Crippen LogP contribution in [-0.4, -0.2) is 29.8 Å². The van der Waals surface area contributed by atoms with Crippen molar-refractivity contribution in [1.82, 2.24) is 4.90 Å². The Balaban J connectivity index is 2.07. The maximum Gasteiger partial charge on any atom is 0.253 e. The van der Waals surface area contributed by atoms with E-state index in [1.165, 1.54) is 0 Å². The molecule has 0 aliphatic carbocycles. The van der Waals surface area contributed by atoms with Gasteiger partial charge < -0.3 is 10.6 Å². The van der Waals surface area contributed by atoms with Crippen LogP contribution in [-0.2, 0) is 11.2 Å². The van der Waals surface area contributed by atoms with Gasteiger partial charge in [-0.15, -0.1) is 0 Å². The zero-order valence-corrected chi connectivity index (χ0v) is 13.4. The summed E-state index contributed by atoms with van der Waals surface area (Å²) in [7, 11) is 0. The van der Waals surface area contributed by atoms with E-state index in [0.717, 1.165) is 17.5 Å². The van der Waals surface area contributed by atoms with E-state index in [2.05, 4.69) is 0 Å². The van der Waals surface area contributed by atoms with Crippen LogP contribution < -0.4 is 5.73 Å². The molecule has 2 N–H and O–H groups in total. The molecule has 2 aromatic carbocycles. The molecule has 0 radical (unpaired) electrons. The van der Waals surface area contributed by atoms with E-state index in [-0.39, 0.29) is 12.3 Å². The van der Waals surface area contributed by atoms with Crippen molar-refractivity contribution < 1.29 is 9.59 Å². The Bertz CT molecular complexity index is 651. The zero-order valence-electron chi connectivity index (χ0n) is 13.4. The molecule has 120 valence electrons. The first-order valence-corrected chi connectivity index (χ1v) is 7.74. The largest absolute Gasteiger partial charge is 0.370 e. The standard InChI is InChI=1S/C19H22N2O2/c1-15-7-9-17(10-8-15)19(23)21(14-12-18(20)22)13-11-16-5-3-2-4-6-16/h2-10H,11-14H2,1H3,(H2,20,22). The number of carbonyl (C=O) groups is 2. The third kappa shape index (κ3) is 5.25. The summed E-state index contributed by atoms with van der Waals surface area (Å²) < 4.78 is 0. The summed E-state index contributed by atoms with van der Waals surface area (Å²) in [5.74, 6) is -0.464. The van der Waals surface area contributed by atoms with E-state index < -0.39 is 5.91 Å². The monoisotopic (exact) mass is 310 g/mol. The SMILES string of the molecule is Cc1ccc(C(=O)N(CCC(N)=O)CCc2ccccc2)cc1. The normalized spacial score (nSPS) is 10.3. The van der Waals surface area contributed by atoms with E-state index in [1.54, 1.807) is 4.90 Å². The van der Waals surface area contributed by atoms with E-state index in [1.807, 2.05) is 61.5 Å². The molecule has 23 heavy (non-hydrogen) atoms. The first-order valence-electron chi connectivity index (χ1n) is 7.74. The number of nitrogens with two attached hydrogens (primary N) is 1. The molecular weight excluding hydrogens is 288 g/mol. The molecule has 0 atom stereocenters. The van der Waals surface area contributed by atoms with Crippen LogP contribution in [0.2, 0.25) is 0 Å². The lowest BCUT2D eigenvalue weighted by molar-refractivity contribution is -0.118. The van der Waals surface area contributed by atoms with Crippen molar-refractivity contribution in [1.29, 1.82) is 0 Å². The summed E-state index contributed by atoms with van der Waals surface area (Å²) in [6.07, 6.45) is 0.920. The number of benzene rings is 2. The predicted octanol–water partition coefficient (Wildman–Crippen LogP) is 2.56. The molecule has 4 nitrogen and oxygen atoms in total. The van der Waals surface area contributed by atoms with E-state index in [0.29, 0.717) is 18.7 Å². The Kier molecular flexibility index (Phi) is 5.92. The molecule has 0 aromatic heterocycles. The Morgan fingerprint density at radius 1 is 0.957 bits per heavy atom. The molecule has 4 heteroatoms. The number of primary amides is 1. The van der Waals surface area contributed by atoms with Gasteiger partial charge in [0, 0.05) is 25.1 Å². The van der Waals surface area contributed by atoms with Crippen molar-refractivity contribution >= 4 is 11.8 Å². The third-order valence-electron chi connectivity index (χ3n) is 3.73. The molecule has 2 aromatic rings. The van der Waals surface area contributed by atoms with Crippen LogP contribution in [0.25, 0.3) is 0 Å². The summed E-state index contributed by atoms with van der Waals surface area (Å²) in [5.41, 5.74) is 8.13. The number of nitrogens with zero attached hydrogens (tertiary/aromatic N) is 1. The summed E-state index contributed by atoms with van der Waals surface area (Å²) in [6.45, 7) is 2.88. The average molecular weight is 310 g/mol. The quantitative estimate of drug-likeness (QED) is 0.854. The number of hydrogen-bond donors (Lipinski definition) is 1. The topological polar surface area (TPSA) is 63.4 Å². The van der Waals surface area contributed by atoms with Gasteiger partial charge in [0.05, 0.1) is 0 Å². The molecule has 0 unspecified atom stereocenters. The average Bonchev–Trinajstić information content (AvgIpc) is 2.56. The second-order valence-electron chi connectivity index (χ2n) is 5.61. The van der Waals surface area contributed by atoms with Crippen LogP contribution in [0.15, 0.2) is 54.6 Å². The highest BCUT2D eigenvalue weighted by molar-refractivity contribution is 5.94. The Hall–Kier alpha value is -2.62. The van der Waals surface area contributed by atoms with Gasteiger partial charge in [0.25, 0.3) is 5.91 Å². The molecule has 0 bridgehead atoms. The number of carbonyl (C=O) groups excluding carboxylic acids is 2. The van der Waals surface area contributed by atoms with Gasteiger partial charge in [0.2, 0.25) is 5.91 Å². The van der Waals surface area contributed by atoms with Gasteiger partial charge in [-0.1, -0.05) is 48.0 Å².